The smallest absolute Gasteiger partial charge is 0.251 e. The van der Waals surface area contributed by atoms with Crippen molar-refractivity contribution < 1.29 is 9.59 Å². The molecule has 1 aliphatic heterocycles. The maximum atomic E-state index is 12.0. The fourth-order valence-electron chi connectivity index (χ4n) is 2.87. The Hall–Kier alpha value is -2.57. The van der Waals surface area contributed by atoms with Crippen LogP contribution in [-0.4, -0.2) is 61.4 Å². The van der Waals surface area contributed by atoms with Crippen molar-refractivity contribution in [2.45, 2.75) is 32.7 Å². The molecule has 1 unspecified atom stereocenters. The first-order valence-electron chi connectivity index (χ1n) is 9.29. The van der Waals surface area contributed by atoms with Crippen LogP contribution in [0, 0.1) is 0 Å². The van der Waals surface area contributed by atoms with Crippen LogP contribution in [0.4, 0.5) is 0 Å². The number of nitrogens with one attached hydrogen (secondary N) is 3. The van der Waals surface area contributed by atoms with E-state index >= 15 is 0 Å². The van der Waals surface area contributed by atoms with Crippen LogP contribution in [0.25, 0.3) is 0 Å². The average Bonchev–Trinajstić information content (AvgIpc) is 3.13. The van der Waals surface area contributed by atoms with Gasteiger partial charge in [0.2, 0.25) is 5.91 Å². The summed E-state index contributed by atoms with van der Waals surface area (Å²) in [5.41, 5.74) is 0.646. The van der Waals surface area contributed by atoms with E-state index in [1.54, 1.807) is 12.1 Å². The van der Waals surface area contributed by atoms with E-state index in [4.69, 9.17) is 0 Å². The molecule has 1 heterocycles. The zero-order chi connectivity index (χ0) is 18.8. The maximum absolute atomic E-state index is 12.0. The third-order valence-electron chi connectivity index (χ3n) is 4.23. The summed E-state index contributed by atoms with van der Waals surface area (Å²) in [7, 11) is 0. The minimum Gasteiger partial charge on any atom is -0.357 e. The number of nitrogens with zero attached hydrogens (tertiary/aromatic N) is 2. The summed E-state index contributed by atoms with van der Waals surface area (Å²) in [6, 6.07) is 9.35. The quantitative estimate of drug-likeness (QED) is 0.385. The number of hydrogen-bond donors (Lipinski definition) is 3. The second-order valence-corrected chi connectivity index (χ2v) is 6.21. The van der Waals surface area contributed by atoms with Gasteiger partial charge < -0.3 is 20.9 Å². The first-order valence-corrected chi connectivity index (χ1v) is 9.29. The Morgan fingerprint density at radius 1 is 1.19 bits per heavy atom. The van der Waals surface area contributed by atoms with Crippen molar-refractivity contribution in [1.29, 1.82) is 0 Å². The SMILES string of the molecule is CCNC(=NCCNC(=O)c1ccccc1)NC1CCN(C(=O)CC)C1. The minimum absolute atomic E-state index is 0.0942. The third-order valence-corrected chi connectivity index (χ3v) is 4.23. The first kappa shape index (κ1) is 19.8. The van der Waals surface area contributed by atoms with Gasteiger partial charge in [-0.3, -0.25) is 14.6 Å². The van der Waals surface area contributed by atoms with Crippen LogP contribution in [-0.2, 0) is 4.79 Å². The van der Waals surface area contributed by atoms with Gasteiger partial charge in [0.1, 0.15) is 0 Å². The second-order valence-electron chi connectivity index (χ2n) is 6.21. The summed E-state index contributed by atoms with van der Waals surface area (Å²) in [5, 5.41) is 9.45. The lowest BCUT2D eigenvalue weighted by Crippen LogP contribution is -2.45. The molecule has 3 N–H and O–H groups in total. The van der Waals surface area contributed by atoms with Gasteiger partial charge in [-0.15, -0.1) is 0 Å². The highest BCUT2D eigenvalue weighted by molar-refractivity contribution is 5.94. The number of amides is 2. The molecule has 1 saturated heterocycles. The molecule has 0 radical (unpaired) electrons. The van der Waals surface area contributed by atoms with Crippen LogP contribution in [0.2, 0.25) is 0 Å². The van der Waals surface area contributed by atoms with Crippen LogP contribution in [0.1, 0.15) is 37.0 Å². The standard InChI is InChI=1S/C19H29N5O2/c1-3-17(25)24-13-10-16(14-24)23-19(20-4-2)22-12-11-21-18(26)15-8-6-5-7-9-15/h5-9,16H,3-4,10-14H2,1-2H3,(H,21,26)(H2,20,22,23). The zero-order valence-corrected chi connectivity index (χ0v) is 15.6. The Kier molecular flexibility index (Phi) is 7.92. The molecular formula is C19H29N5O2. The number of carbonyl (C=O) groups excluding carboxylic acids is 2. The lowest BCUT2D eigenvalue weighted by molar-refractivity contribution is -0.129. The minimum atomic E-state index is -0.0942. The summed E-state index contributed by atoms with van der Waals surface area (Å²) >= 11 is 0. The normalized spacial score (nSPS) is 17.1. The molecule has 2 rings (SSSR count). The second kappa shape index (κ2) is 10.4. The van der Waals surface area contributed by atoms with Gasteiger partial charge in [0.05, 0.1) is 6.54 Å². The number of rotatable bonds is 7. The van der Waals surface area contributed by atoms with Gasteiger partial charge in [0.15, 0.2) is 5.96 Å². The van der Waals surface area contributed by atoms with E-state index in [-0.39, 0.29) is 17.9 Å². The van der Waals surface area contributed by atoms with Crippen LogP contribution in [0.3, 0.4) is 0 Å². The molecule has 0 bridgehead atoms. The molecule has 26 heavy (non-hydrogen) atoms. The molecule has 0 aliphatic carbocycles. The highest BCUT2D eigenvalue weighted by atomic mass is 16.2. The van der Waals surface area contributed by atoms with Gasteiger partial charge in [-0.1, -0.05) is 25.1 Å². The van der Waals surface area contributed by atoms with Crippen molar-refractivity contribution in [2.75, 3.05) is 32.7 Å². The Balaban J connectivity index is 1.78. The van der Waals surface area contributed by atoms with E-state index in [9.17, 15) is 9.59 Å². The fourth-order valence-corrected chi connectivity index (χ4v) is 2.87. The van der Waals surface area contributed by atoms with Crippen LogP contribution in [0.5, 0.6) is 0 Å². The molecule has 1 aromatic carbocycles. The predicted octanol–water partition coefficient (Wildman–Crippen LogP) is 0.982. The number of aliphatic imine (C=N–C) groups is 1. The monoisotopic (exact) mass is 359 g/mol. The van der Waals surface area contributed by atoms with Crippen molar-refractivity contribution in [3.05, 3.63) is 35.9 Å². The highest BCUT2D eigenvalue weighted by Gasteiger charge is 2.25. The molecule has 0 spiro atoms. The van der Waals surface area contributed by atoms with E-state index in [0.29, 0.717) is 31.6 Å². The number of likely N-dealkylation sites (tertiary alicyclic amines) is 1. The van der Waals surface area contributed by atoms with Gasteiger partial charge >= 0.3 is 0 Å². The molecule has 1 fully saturated rings. The van der Waals surface area contributed by atoms with Crippen molar-refractivity contribution in [3.8, 4) is 0 Å². The Morgan fingerprint density at radius 3 is 2.65 bits per heavy atom. The zero-order valence-electron chi connectivity index (χ0n) is 15.6. The fraction of sp³-hybridized carbons (Fsp3) is 0.526. The summed E-state index contributed by atoms with van der Waals surface area (Å²) in [4.78, 5) is 30.2. The molecule has 1 atom stereocenters. The van der Waals surface area contributed by atoms with Crippen molar-refractivity contribution >= 4 is 17.8 Å². The van der Waals surface area contributed by atoms with Crippen LogP contribution in [0.15, 0.2) is 35.3 Å². The highest BCUT2D eigenvalue weighted by Crippen LogP contribution is 2.10. The Bertz CT molecular complexity index is 618. The summed E-state index contributed by atoms with van der Waals surface area (Å²) in [5.74, 6) is 0.820. The van der Waals surface area contributed by atoms with Crippen molar-refractivity contribution in [3.63, 3.8) is 0 Å². The Morgan fingerprint density at radius 2 is 1.96 bits per heavy atom. The van der Waals surface area contributed by atoms with E-state index in [1.807, 2.05) is 36.9 Å². The van der Waals surface area contributed by atoms with Gasteiger partial charge in [-0.05, 0) is 25.5 Å². The number of guanidine groups is 1. The number of hydrogen-bond acceptors (Lipinski definition) is 3. The van der Waals surface area contributed by atoms with E-state index < -0.39 is 0 Å². The third kappa shape index (κ3) is 6.06. The molecule has 7 heteroatoms. The molecule has 1 aromatic rings. The summed E-state index contributed by atoms with van der Waals surface area (Å²) < 4.78 is 0. The lowest BCUT2D eigenvalue weighted by Gasteiger charge is -2.18. The summed E-state index contributed by atoms with van der Waals surface area (Å²) in [6.07, 6.45) is 1.46. The lowest BCUT2D eigenvalue weighted by atomic mass is 10.2. The molecule has 7 nitrogen and oxygen atoms in total. The largest absolute Gasteiger partial charge is 0.357 e. The average molecular weight is 359 g/mol. The molecular weight excluding hydrogens is 330 g/mol. The summed E-state index contributed by atoms with van der Waals surface area (Å²) in [6.45, 7) is 7.10. The maximum Gasteiger partial charge on any atom is 0.251 e. The van der Waals surface area contributed by atoms with Crippen LogP contribution >= 0.6 is 0 Å². The topological polar surface area (TPSA) is 85.8 Å². The van der Waals surface area contributed by atoms with E-state index in [0.717, 1.165) is 25.5 Å². The van der Waals surface area contributed by atoms with E-state index in [1.165, 1.54) is 0 Å². The van der Waals surface area contributed by atoms with Gasteiger partial charge in [0.25, 0.3) is 5.91 Å². The molecule has 0 saturated carbocycles. The molecule has 1 aliphatic rings. The molecule has 142 valence electrons. The number of benzene rings is 1. The molecule has 2 amide bonds. The number of carbonyl (C=O) groups is 2. The van der Waals surface area contributed by atoms with E-state index in [2.05, 4.69) is 20.9 Å². The van der Waals surface area contributed by atoms with Crippen molar-refractivity contribution in [1.82, 2.24) is 20.9 Å². The van der Waals surface area contributed by atoms with Gasteiger partial charge in [-0.25, -0.2) is 0 Å². The molecule has 0 aromatic heterocycles. The predicted molar refractivity (Wildman–Crippen MR) is 103 cm³/mol. The first-order chi connectivity index (χ1) is 12.6. The Labute approximate surface area is 155 Å². The van der Waals surface area contributed by atoms with Gasteiger partial charge in [0, 0.05) is 44.2 Å². The van der Waals surface area contributed by atoms with Crippen LogP contribution < -0.4 is 16.0 Å². The van der Waals surface area contributed by atoms with Gasteiger partial charge in [-0.2, -0.15) is 0 Å². The van der Waals surface area contributed by atoms with Crippen molar-refractivity contribution in [2.24, 2.45) is 4.99 Å².